The van der Waals surface area contributed by atoms with Gasteiger partial charge in [-0.1, -0.05) is 60.5 Å². The van der Waals surface area contributed by atoms with Gasteiger partial charge < -0.3 is 0 Å². The third-order valence-electron chi connectivity index (χ3n) is 2.02. The van der Waals surface area contributed by atoms with Gasteiger partial charge in [0.25, 0.3) is 0 Å². The predicted molar refractivity (Wildman–Crippen MR) is 78.9 cm³/mol. The van der Waals surface area contributed by atoms with Crippen LogP contribution in [0.3, 0.4) is 0 Å². The lowest BCUT2D eigenvalue weighted by Gasteiger charge is -2.00. The summed E-state index contributed by atoms with van der Waals surface area (Å²) in [4.78, 5) is 4.61. The van der Waals surface area contributed by atoms with E-state index in [1.165, 1.54) is 35.2 Å². The Kier molecular flexibility index (Phi) is 6.78. The van der Waals surface area contributed by atoms with Crippen LogP contribution in [0.5, 0.6) is 0 Å². The molecule has 0 saturated heterocycles. The molecule has 1 atom stereocenters. The van der Waals surface area contributed by atoms with Gasteiger partial charge in [0.15, 0.2) is 0 Å². The van der Waals surface area contributed by atoms with Crippen molar-refractivity contribution in [3.63, 3.8) is 0 Å². The molecule has 4 heteroatoms. The van der Waals surface area contributed by atoms with Crippen molar-refractivity contribution in [3.8, 4) is 0 Å². The van der Waals surface area contributed by atoms with Crippen molar-refractivity contribution < 1.29 is 0 Å². The van der Waals surface area contributed by atoms with E-state index in [4.69, 9.17) is 0 Å². The number of allylic oxidation sites excluding steroid dienone is 1. The van der Waals surface area contributed by atoms with Crippen LogP contribution in [0, 0.1) is 0 Å². The van der Waals surface area contributed by atoms with Crippen LogP contribution in [0.15, 0.2) is 14.9 Å². The molecule has 80 valence electrons. The number of alkyl halides is 1. The largest absolute Gasteiger partial charge is 0.288 e. The Labute approximate surface area is 112 Å². The van der Waals surface area contributed by atoms with Gasteiger partial charge in [-0.2, -0.15) is 0 Å². The van der Waals surface area contributed by atoms with E-state index in [0.29, 0.717) is 3.26 Å². The van der Waals surface area contributed by atoms with Crippen molar-refractivity contribution in [2.24, 2.45) is 4.99 Å². The summed E-state index contributed by atoms with van der Waals surface area (Å²) in [5.74, 6) is 0. The second-order valence-electron chi connectivity index (χ2n) is 3.25. The number of thioether (sulfide) groups is 1. The molecule has 14 heavy (non-hydrogen) atoms. The van der Waals surface area contributed by atoms with Crippen LogP contribution in [0.4, 0.5) is 0 Å². The van der Waals surface area contributed by atoms with E-state index in [1.807, 2.05) is 11.8 Å². The summed E-state index contributed by atoms with van der Waals surface area (Å²) in [6.45, 7) is 3.23. The molecule has 0 N–H and O–H groups in total. The number of aliphatic imine (C=N–C) groups is 1. The molecule has 0 aromatic heterocycles. The maximum absolute atomic E-state index is 4.61. The highest BCUT2D eigenvalue weighted by Gasteiger charge is 2.19. The van der Waals surface area contributed by atoms with E-state index < -0.39 is 0 Å². The van der Waals surface area contributed by atoms with Crippen molar-refractivity contribution in [3.05, 3.63) is 9.89 Å². The quantitative estimate of drug-likeness (QED) is 0.376. The monoisotopic (exact) mass is 387 g/mol. The summed E-state index contributed by atoms with van der Waals surface area (Å²) < 4.78 is 1.72. The molecule has 0 aromatic carbocycles. The van der Waals surface area contributed by atoms with E-state index >= 15 is 0 Å². The van der Waals surface area contributed by atoms with Crippen molar-refractivity contribution in [2.75, 3.05) is 6.54 Å². The summed E-state index contributed by atoms with van der Waals surface area (Å²) in [6.07, 6.45) is 7.33. The van der Waals surface area contributed by atoms with Gasteiger partial charge in [-0.15, -0.1) is 0 Å². The molecule has 1 nitrogen and oxygen atoms in total. The molecule has 0 saturated carbocycles. The second kappa shape index (κ2) is 7.28. The average molecular weight is 388 g/mol. The molecule has 0 amide bonds. The molecule has 1 aliphatic rings. The topological polar surface area (TPSA) is 12.4 Å². The zero-order chi connectivity index (χ0) is 10.4. The van der Waals surface area contributed by atoms with Crippen LogP contribution in [0.2, 0.25) is 0 Å². The lowest BCUT2D eigenvalue weighted by Crippen LogP contribution is -2.02. The van der Waals surface area contributed by atoms with Gasteiger partial charge >= 0.3 is 0 Å². The van der Waals surface area contributed by atoms with Crippen LogP contribution < -0.4 is 0 Å². The normalized spacial score (nSPS) is 24.4. The van der Waals surface area contributed by atoms with E-state index in [2.05, 4.69) is 56.5 Å². The third kappa shape index (κ3) is 4.66. The van der Waals surface area contributed by atoms with Gasteiger partial charge in [0.1, 0.15) is 3.26 Å². The molecule has 0 fully saturated rings. The summed E-state index contributed by atoms with van der Waals surface area (Å²) >= 11 is 7.75. The molecule has 0 aliphatic carbocycles. The molecule has 1 rings (SSSR count). The van der Waals surface area contributed by atoms with E-state index in [9.17, 15) is 0 Å². The lowest BCUT2D eigenvalue weighted by atomic mass is 10.2. The Morgan fingerprint density at radius 2 is 2.29 bits per heavy atom. The zero-order valence-electron chi connectivity index (χ0n) is 8.30. The summed E-state index contributed by atoms with van der Waals surface area (Å²) in [5.41, 5.74) is 1.24. The summed E-state index contributed by atoms with van der Waals surface area (Å²) in [6, 6.07) is 0. The first-order valence-electron chi connectivity index (χ1n) is 4.96. The molecule has 1 unspecified atom stereocenters. The zero-order valence-corrected chi connectivity index (χ0v) is 12.9. The highest BCUT2D eigenvalue weighted by molar-refractivity contribution is 14.1. The number of rotatable bonds is 5. The van der Waals surface area contributed by atoms with Crippen LogP contribution in [-0.4, -0.2) is 15.5 Å². The average Bonchev–Trinajstić information content (AvgIpc) is 2.45. The smallest absolute Gasteiger partial charge is 0.103 e. The summed E-state index contributed by atoms with van der Waals surface area (Å²) in [7, 11) is 0. The van der Waals surface area contributed by atoms with E-state index in [-0.39, 0.29) is 0 Å². The Bertz CT molecular complexity index is 240. The Balaban J connectivity index is 2.23. The fraction of sp³-hybridized carbons (Fsp3) is 0.700. The molecular weight excluding hydrogens is 373 g/mol. The maximum Gasteiger partial charge on any atom is 0.103 e. The number of halogens is 2. The standard InChI is InChI=1S/C10H15BrINS/c1-2-3-4-5-6-13-8-7-9(11)14-10(8)12/h7,10H,2-6H2,1H3. The first kappa shape index (κ1) is 13.0. The van der Waals surface area contributed by atoms with Crippen LogP contribution >= 0.6 is 50.3 Å². The molecule has 0 spiro atoms. The highest BCUT2D eigenvalue weighted by atomic mass is 127. The molecule has 0 aromatic rings. The number of nitrogens with zero attached hydrogens (tertiary/aromatic N) is 1. The van der Waals surface area contributed by atoms with Crippen molar-refractivity contribution >= 4 is 56.0 Å². The first-order chi connectivity index (χ1) is 6.74. The van der Waals surface area contributed by atoms with E-state index in [1.54, 1.807) is 0 Å². The lowest BCUT2D eigenvalue weighted by molar-refractivity contribution is 0.675. The van der Waals surface area contributed by atoms with Crippen molar-refractivity contribution in [1.29, 1.82) is 0 Å². The number of hydrogen-bond acceptors (Lipinski definition) is 2. The minimum Gasteiger partial charge on any atom is -0.288 e. The third-order valence-corrected chi connectivity index (χ3v) is 5.00. The van der Waals surface area contributed by atoms with Gasteiger partial charge in [-0.3, -0.25) is 4.99 Å². The van der Waals surface area contributed by atoms with Gasteiger partial charge in [0, 0.05) is 6.54 Å². The van der Waals surface area contributed by atoms with Crippen LogP contribution in [0.25, 0.3) is 0 Å². The number of hydrogen-bond donors (Lipinski definition) is 0. The highest BCUT2D eigenvalue weighted by Crippen LogP contribution is 2.38. The predicted octanol–water partition coefficient (Wildman–Crippen LogP) is 4.75. The molecular formula is C10H15BrINS. The molecule has 0 radical (unpaired) electrons. The van der Waals surface area contributed by atoms with Gasteiger partial charge in [-0.05, 0) is 28.4 Å². The molecule has 1 heterocycles. The SMILES string of the molecule is CCCCCCN=C1C=C(Br)SC1I. The molecule has 1 aliphatic heterocycles. The Morgan fingerprint density at radius 3 is 2.86 bits per heavy atom. The van der Waals surface area contributed by atoms with Crippen molar-refractivity contribution in [1.82, 2.24) is 0 Å². The van der Waals surface area contributed by atoms with Crippen LogP contribution in [0.1, 0.15) is 32.6 Å². The fourth-order valence-corrected chi connectivity index (χ4v) is 4.93. The van der Waals surface area contributed by atoms with Gasteiger partial charge in [-0.25, -0.2) is 0 Å². The van der Waals surface area contributed by atoms with Gasteiger partial charge in [0.05, 0.1) is 9.53 Å². The minimum atomic E-state index is 0.508. The minimum absolute atomic E-state index is 0.508. The second-order valence-corrected chi connectivity index (χ2v) is 7.87. The summed E-state index contributed by atoms with van der Waals surface area (Å²) in [5, 5.41) is 0. The van der Waals surface area contributed by atoms with Gasteiger partial charge in [0.2, 0.25) is 0 Å². The maximum atomic E-state index is 4.61. The Hall–Kier alpha value is 0.970. The fourth-order valence-electron chi connectivity index (χ4n) is 1.24. The Morgan fingerprint density at radius 1 is 1.50 bits per heavy atom. The number of unbranched alkanes of at least 4 members (excludes halogenated alkanes) is 3. The van der Waals surface area contributed by atoms with E-state index in [0.717, 1.165) is 6.54 Å². The van der Waals surface area contributed by atoms with Crippen LogP contribution in [-0.2, 0) is 0 Å². The first-order valence-corrected chi connectivity index (χ1v) is 7.88. The molecule has 0 bridgehead atoms. The van der Waals surface area contributed by atoms with Crippen molar-refractivity contribution in [2.45, 2.75) is 35.9 Å².